The van der Waals surface area contributed by atoms with E-state index in [1.165, 1.54) is 16.5 Å². The standard InChI is InChI=1S/C17H26N2O/c1-14(2)18-13-15-7-6-8-17-16(15)9-11-19(17)10-4-5-12-20-3/h6-9,11,14,18H,4-5,10,12-13H2,1-3H3. The Morgan fingerprint density at radius 3 is 2.80 bits per heavy atom. The summed E-state index contributed by atoms with van der Waals surface area (Å²) in [5, 5.41) is 4.87. The molecule has 2 aromatic rings. The third kappa shape index (κ3) is 3.84. The Kier molecular flexibility index (Phi) is 5.62. The molecule has 0 fully saturated rings. The highest BCUT2D eigenvalue weighted by atomic mass is 16.5. The monoisotopic (exact) mass is 274 g/mol. The van der Waals surface area contributed by atoms with Gasteiger partial charge in [-0.25, -0.2) is 0 Å². The van der Waals surface area contributed by atoms with Crippen LogP contribution in [-0.2, 0) is 17.8 Å². The summed E-state index contributed by atoms with van der Waals surface area (Å²) < 4.78 is 7.46. The number of hydrogen-bond acceptors (Lipinski definition) is 2. The smallest absolute Gasteiger partial charge is 0.0483 e. The molecular weight excluding hydrogens is 248 g/mol. The lowest BCUT2D eigenvalue weighted by atomic mass is 10.1. The molecule has 0 aliphatic carbocycles. The van der Waals surface area contributed by atoms with Gasteiger partial charge in [-0.1, -0.05) is 26.0 Å². The van der Waals surface area contributed by atoms with Crippen LogP contribution in [0, 0.1) is 0 Å². The van der Waals surface area contributed by atoms with E-state index in [9.17, 15) is 0 Å². The van der Waals surface area contributed by atoms with Gasteiger partial charge in [0.25, 0.3) is 0 Å². The van der Waals surface area contributed by atoms with Crippen LogP contribution in [0.25, 0.3) is 10.9 Å². The van der Waals surface area contributed by atoms with E-state index < -0.39 is 0 Å². The van der Waals surface area contributed by atoms with Gasteiger partial charge in [0.15, 0.2) is 0 Å². The number of benzene rings is 1. The van der Waals surface area contributed by atoms with Crippen molar-refractivity contribution in [2.24, 2.45) is 0 Å². The van der Waals surface area contributed by atoms with E-state index in [4.69, 9.17) is 4.74 Å². The number of methoxy groups -OCH3 is 1. The number of nitrogens with one attached hydrogen (secondary N) is 1. The highest BCUT2D eigenvalue weighted by Crippen LogP contribution is 2.21. The number of nitrogens with zero attached hydrogens (tertiary/aromatic N) is 1. The van der Waals surface area contributed by atoms with Crippen molar-refractivity contribution < 1.29 is 4.74 Å². The zero-order valence-corrected chi connectivity index (χ0v) is 12.9. The molecule has 0 saturated heterocycles. The van der Waals surface area contributed by atoms with E-state index in [0.29, 0.717) is 6.04 Å². The quantitative estimate of drug-likeness (QED) is 0.745. The first-order chi connectivity index (χ1) is 9.72. The van der Waals surface area contributed by atoms with Crippen molar-refractivity contribution in [3.63, 3.8) is 0 Å². The molecule has 1 aromatic carbocycles. The van der Waals surface area contributed by atoms with E-state index in [0.717, 1.165) is 32.5 Å². The minimum Gasteiger partial charge on any atom is -0.385 e. The lowest BCUT2D eigenvalue weighted by Crippen LogP contribution is -2.21. The Labute approximate surface area is 121 Å². The SMILES string of the molecule is COCCCCn1ccc2c(CNC(C)C)cccc21. The summed E-state index contributed by atoms with van der Waals surface area (Å²) in [7, 11) is 1.76. The molecule has 0 saturated carbocycles. The Morgan fingerprint density at radius 1 is 1.20 bits per heavy atom. The molecule has 3 nitrogen and oxygen atoms in total. The zero-order valence-electron chi connectivity index (χ0n) is 12.9. The molecule has 0 aliphatic rings. The number of fused-ring (bicyclic) bond motifs is 1. The Balaban J connectivity index is 2.08. The lowest BCUT2D eigenvalue weighted by Gasteiger charge is -2.10. The van der Waals surface area contributed by atoms with Crippen molar-refractivity contribution in [2.45, 2.75) is 45.8 Å². The summed E-state index contributed by atoms with van der Waals surface area (Å²) in [4.78, 5) is 0. The van der Waals surface area contributed by atoms with Crippen LogP contribution in [0.5, 0.6) is 0 Å². The number of ether oxygens (including phenoxy) is 1. The molecule has 0 bridgehead atoms. The fourth-order valence-electron chi connectivity index (χ4n) is 2.48. The minimum absolute atomic E-state index is 0.515. The van der Waals surface area contributed by atoms with Crippen LogP contribution >= 0.6 is 0 Å². The zero-order chi connectivity index (χ0) is 14.4. The molecule has 110 valence electrons. The average molecular weight is 274 g/mol. The van der Waals surface area contributed by atoms with Gasteiger partial charge in [-0.3, -0.25) is 0 Å². The van der Waals surface area contributed by atoms with E-state index in [-0.39, 0.29) is 0 Å². The van der Waals surface area contributed by atoms with Gasteiger partial charge in [0.2, 0.25) is 0 Å². The van der Waals surface area contributed by atoms with Gasteiger partial charge in [-0.15, -0.1) is 0 Å². The Bertz CT molecular complexity index is 531. The van der Waals surface area contributed by atoms with E-state index in [1.54, 1.807) is 7.11 Å². The molecule has 1 heterocycles. The second-order valence-corrected chi connectivity index (χ2v) is 5.59. The van der Waals surface area contributed by atoms with Crippen LogP contribution in [0.1, 0.15) is 32.3 Å². The normalized spacial score (nSPS) is 11.6. The number of aromatic nitrogens is 1. The van der Waals surface area contributed by atoms with Gasteiger partial charge >= 0.3 is 0 Å². The molecule has 3 heteroatoms. The summed E-state index contributed by atoms with van der Waals surface area (Å²) in [6.07, 6.45) is 4.48. The lowest BCUT2D eigenvalue weighted by molar-refractivity contribution is 0.191. The third-order valence-electron chi connectivity index (χ3n) is 3.60. The van der Waals surface area contributed by atoms with Crippen molar-refractivity contribution in [3.8, 4) is 0 Å². The van der Waals surface area contributed by atoms with Crippen molar-refractivity contribution in [1.29, 1.82) is 0 Å². The number of aryl methyl sites for hydroxylation is 1. The molecule has 0 radical (unpaired) electrons. The summed E-state index contributed by atoms with van der Waals surface area (Å²) in [5.74, 6) is 0. The molecule has 0 atom stereocenters. The Hall–Kier alpha value is -1.32. The first-order valence-corrected chi connectivity index (χ1v) is 7.51. The van der Waals surface area contributed by atoms with Gasteiger partial charge in [-0.05, 0) is 30.5 Å². The van der Waals surface area contributed by atoms with Gasteiger partial charge in [0, 0.05) is 49.9 Å². The van der Waals surface area contributed by atoms with Crippen LogP contribution in [0.2, 0.25) is 0 Å². The largest absolute Gasteiger partial charge is 0.385 e. The molecule has 0 amide bonds. The number of hydrogen-bond donors (Lipinski definition) is 1. The molecular formula is C17H26N2O. The van der Waals surface area contributed by atoms with Crippen molar-refractivity contribution in [1.82, 2.24) is 9.88 Å². The van der Waals surface area contributed by atoms with Gasteiger partial charge in [-0.2, -0.15) is 0 Å². The summed E-state index contributed by atoms with van der Waals surface area (Å²) >= 11 is 0. The van der Waals surface area contributed by atoms with Crippen LogP contribution in [0.15, 0.2) is 30.5 Å². The summed E-state index contributed by atoms with van der Waals surface area (Å²) in [5.41, 5.74) is 2.72. The maximum atomic E-state index is 5.10. The highest BCUT2D eigenvalue weighted by Gasteiger charge is 2.05. The van der Waals surface area contributed by atoms with E-state index in [1.807, 2.05) is 0 Å². The first-order valence-electron chi connectivity index (χ1n) is 7.51. The first kappa shape index (κ1) is 15.1. The van der Waals surface area contributed by atoms with Gasteiger partial charge in [0.05, 0.1) is 0 Å². The second kappa shape index (κ2) is 7.46. The maximum absolute atomic E-state index is 5.10. The second-order valence-electron chi connectivity index (χ2n) is 5.59. The third-order valence-corrected chi connectivity index (χ3v) is 3.60. The molecule has 0 aliphatic heterocycles. The van der Waals surface area contributed by atoms with E-state index in [2.05, 4.69) is 54.2 Å². The average Bonchev–Trinajstić information content (AvgIpc) is 2.85. The molecule has 2 rings (SSSR count). The number of unbranched alkanes of at least 4 members (excludes halogenated alkanes) is 1. The number of rotatable bonds is 8. The summed E-state index contributed by atoms with van der Waals surface area (Å²) in [6.45, 7) is 7.21. The van der Waals surface area contributed by atoms with Crippen LogP contribution in [-0.4, -0.2) is 24.3 Å². The molecule has 1 N–H and O–H groups in total. The predicted molar refractivity (Wildman–Crippen MR) is 85.0 cm³/mol. The van der Waals surface area contributed by atoms with Crippen LogP contribution in [0.4, 0.5) is 0 Å². The van der Waals surface area contributed by atoms with Crippen molar-refractivity contribution >= 4 is 10.9 Å². The fraction of sp³-hybridized carbons (Fsp3) is 0.529. The maximum Gasteiger partial charge on any atom is 0.0483 e. The van der Waals surface area contributed by atoms with E-state index >= 15 is 0 Å². The van der Waals surface area contributed by atoms with Gasteiger partial charge in [0.1, 0.15) is 0 Å². The van der Waals surface area contributed by atoms with Crippen molar-refractivity contribution in [3.05, 3.63) is 36.0 Å². The van der Waals surface area contributed by atoms with Crippen LogP contribution < -0.4 is 5.32 Å². The van der Waals surface area contributed by atoms with Crippen molar-refractivity contribution in [2.75, 3.05) is 13.7 Å². The van der Waals surface area contributed by atoms with Gasteiger partial charge < -0.3 is 14.6 Å². The minimum atomic E-state index is 0.515. The van der Waals surface area contributed by atoms with Crippen LogP contribution in [0.3, 0.4) is 0 Å². The fourth-order valence-corrected chi connectivity index (χ4v) is 2.48. The molecule has 0 unspecified atom stereocenters. The highest BCUT2D eigenvalue weighted by molar-refractivity contribution is 5.83. The Morgan fingerprint density at radius 2 is 2.05 bits per heavy atom. The predicted octanol–water partition coefficient (Wildman–Crippen LogP) is 3.57. The molecule has 20 heavy (non-hydrogen) atoms. The topological polar surface area (TPSA) is 26.2 Å². The summed E-state index contributed by atoms with van der Waals surface area (Å²) in [6, 6.07) is 9.34. The molecule has 1 aromatic heterocycles. The molecule has 0 spiro atoms.